The molecule has 0 aliphatic rings. The molecule has 1 aromatic carbocycles. The Labute approximate surface area is 79.0 Å². The van der Waals surface area contributed by atoms with E-state index in [2.05, 4.69) is 19.6 Å². The molecule has 0 saturated carbocycles. The Kier molecular flexibility index (Phi) is 2.18. The average molecular weight is 193 g/mol. The second kappa shape index (κ2) is 3.49. The summed E-state index contributed by atoms with van der Waals surface area (Å²) in [5.41, 5.74) is 1.87. The second-order valence-corrected chi connectivity index (χ2v) is 3.14. The summed E-state index contributed by atoms with van der Waals surface area (Å²) in [6.07, 6.45) is 1.65. The van der Waals surface area contributed by atoms with Crippen LogP contribution in [0.4, 0.5) is 0 Å². The van der Waals surface area contributed by atoms with Crippen molar-refractivity contribution in [1.29, 1.82) is 0 Å². The van der Waals surface area contributed by atoms with E-state index in [1.54, 1.807) is 6.21 Å². The first kappa shape index (κ1) is 8.12. The third-order valence-corrected chi connectivity index (χ3v) is 2.39. The van der Waals surface area contributed by atoms with E-state index in [0.717, 1.165) is 15.8 Å². The zero-order valence-electron chi connectivity index (χ0n) is 6.97. The Morgan fingerprint density at radius 3 is 3.31 bits per heavy atom. The van der Waals surface area contributed by atoms with Crippen LogP contribution in [0, 0.1) is 0 Å². The Balaban J connectivity index is 2.54. The summed E-state index contributed by atoms with van der Waals surface area (Å²) >= 11 is 1.36. The predicted octanol–water partition coefficient (Wildman–Crippen LogP) is 1.67. The minimum atomic E-state index is 0.894. The summed E-state index contributed by atoms with van der Waals surface area (Å²) in [5, 5.41) is 7.65. The van der Waals surface area contributed by atoms with Crippen molar-refractivity contribution in [3.63, 3.8) is 0 Å². The fraction of sp³-hybridized carbons (Fsp3) is 0.125. The lowest BCUT2D eigenvalue weighted by Gasteiger charge is -1.91. The van der Waals surface area contributed by atoms with E-state index >= 15 is 0 Å². The van der Waals surface area contributed by atoms with Crippen LogP contribution in [0.15, 0.2) is 23.4 Å². The van der Waals surface area contributed by atoms with Crippen molar-refractivity contribution >= 4 is 28.0 Å². The van der Waals surface area contributed by atoms with E-state index in [0.29, 0.717) is 0 Å². The zero-order valence-corrected chi connectivity index (χ0v) is 7.78. The van der Waals surface area contributed by atoms with Crippen LogP contribution in [0.3, 0.4) is 0 Å². The number of nitrogens with zero attached hydrogens (tertiary/aromatic N) is 3. The lowest BCUT2D eigenvalue weighted by Crippen LogP contribution is -1.81. The fourth-order valence-electron chi connectivity index (χ4n) is 1.04. The third-order valence-electron chi connectivity index (χ3n) is 1.60. The quantitative estimate of drug-likeness (QED) is 0.538. The van der Waals surface area contributed by atoms with Gasteiger partial charge in [0, 0.05) is 5.56 Å². The van der Waals surface area contributed by atoms with Gasteiger partial charge in [-0.1, -0.05) is 21.8 Å². The van der Waals surface area contributed by atoms with E-state index in [9.17, 15) is 0 Å². The van der Waals surface area contributed by atoms with Gasteiger partial charge in [-0.3, -0.25) is 0 Å². The molecule has 0 bridgehead atoms. The summed E-state index contributed by atoms with van der Waals surface area (Å²) in [5.74, 6) is 0. The molecule has 1 aromatic heterocycles. The Morgan fingerprint density at radius 2 is 2.46 bits per heavy atom. The smallest absolute Gasteiger partial charge is 0.106 e. The molecule has 4 nitrogen and oxygen atoms in total. The molecule has 66 valence electrons. The number of fused-ring (bicyclic) bond motifs is 1. The third kappa shape index (κ3) is 1.50. The van der Waals surface area contributed by atoms with Crippen LogP contribution in [-0.2, 0) is 4.84 Å². The Morgan fingerprint density at radius 1 is 1.54 bits per heavy atom. The molecule has 0 atom stereocenters. The number of oxime groups is 1. The maximum atomic E-state index is 4.60. The second-order valence-electron chi connectivity index (χ2n) is 2.39. The molecule has 2 aromatic rings. The molecule has 5 heteroatoms. The molecule has 0 spiro atoms. The van der Waals surface area contributed by atoms with Crippen LogP contribution in [0.1, 0.15) is 5.56 Å². The van der Waals surface area contributed by atoms with Gasteiger partial charge < -0.3 is 4.84 Å². The van der Waals surface area contributed by atoms with Gasteiger partial charge in [-0.05, 0) is 17.6 Å². The molecule has 0 aliphatic carbocycles. The van der Waals surface area contributed by atoms with Crippen molar-refractivity contribution in [3.8, 4) is 0 Å². The van der Waals surface area contributed by atoms with Crippen molar-refractivity contribution in [2.75, 3.05) is 7.11 Å². The Hall–Kier alpha value is -1.49. The monoisotopic (exact) mass is 193 g/mol. The molecule has 0 radical (unpaired) electrons. The highest BCUT2D eigenvalue weighted by Crippen LogP contribution is 2.18. The Bertz CT molecular complexity index is 438. The fourth-order valence-corrected chi connectivity index (χ4v) is 1.68. The zero-order chi connectivity index (χ0) is 9.10. The molecule has 0 saturated heterocycles. The summed E-state index contributed by atoms with van der Waals surface area (Å²) in [4.78, 5) is 4.60. The molecule has 0 fully saturated rings. The summed E-state index contributed by atoms with van der Waals surface area (Å²) in [6, 6.07) is 5.79. The van der Waals surface area contributed by atoms with Crippen LogP contribution >= 0.6 is 11.5 Å². The molecule has 0 aliphatic heterocycles. The van der Waals surface area contributed by atoms with E-state index in [1.807, 2.05) is 18.2 Å². The van der Waals surface area contributed by atoms with Gasteiger partial charge in [-0.15, -0.1) is 5.10 Å². The van der Waals surface area contributed by atoms with Crippen LogP contribution < -0.4 is 0 Å². The molecule has 0 unspecified atom stereocenters. The largest absolute Gasteiger partial charge is 0.399 e. The lowest BCUT2D eigenvalue weighted by molar-refractivity contribution is 0.215. The first-order valence-electron chi connectivity index (χ1n) is 3.69. The number of rotatable bonds is 2. The normalized spacial score (nSPS) is 11.2. The van der Waals surface area contributed by atoms with Crippen LogP contribution in [0.25, 0.3) is 10.2 Å². The van der Waals surface area contributed by atoms with Gasteiger partial charge >= 0.3 is 0 Å². The first-order chi connectivity index (χ1) is 6.42. The molecule has 1 heterocycles. The number of hydrogen-bond donors (Lipinski definition) is 0. The van der Waals surface area contributed by atoms with E-state index < -0.39 is 0 Å². The van der Waals surface area contributed by atoms with Crippen molar-refractivity contribution < 1.29 is 4.84 Å². The first-order valence-corrected chi connectivity index (χ1v) is 4.47. The van der Waals surface area contributed by atoms with Gasteiger partial charge in [0.05, 0.1) is 10.9 Å². The number of benzene rings is 1. The molecule has 0 amide bonds. The van der Waals surface area contributed by atoms with Crippen LogP contribution in [-0.4, -0.2) is 22.9 Å². The minimum Gasteiger partial charge on any atom is -0.399 e. The maximum Gasteiger partial charge on any atom is 0.106 e. The van der Waals surface area contributed by atoms with Gasteiger partial charge in [0.2, 0.25) is 0 Å². The summed E-state index contributed by atoms with van der Waals surface area (Å²) in [7, 11) is 1.52. The lowest BCUT2D eigenvalue weighted by atomic mass is 10.2. The van der Waals surface area contributed by atoms with Crippen LogP contribution in [0.5, 0.6) is 0 Å². The van der Waals surface area contributed by atoms with Gasteiger partial charge in [0.15, 0.2) is 0 Å². The van der Waals surface area contributed by atoms with Gasteiger partial charge in [-0.2, -0.15) is 0 Å². The standard InChI is InChI=1S/C8H7N3OS/c1-12-9-5-6-3-2-4-7-8(6)13-11-10-7/h2-5H,1H3. The highest BCUT2D eigenvalue weighted by molar-refractivity contribution is 7.13. The van der Waals surface area contributed by atoms with Crippen molar-refractivity contribution in [2.45, 2.75) is 0 Å². The van der Waals surface area contributed by atoms with Gasteiger partial charge in [0.1, 0.15) is 12.6 Å². The topological polar surface area (TPSA) is 47.4 Å². The minimum absolute atomic E-state index is 0.894. The van der Waals surface area contributed by atoms with Crippen molar-refractivity contribution in [2.24, 2.45) is 5.16 Å². The van der Waals surface area contributed by atoms with E-state index in [1.165, 1.54) is 18.6 Å². The highest BCUT2D eigenvalue weighted by atomic mass is 32.1. The summed E-state index contributed by atoms with van der Waals surface area (Å²) < 4.78 is 4.89. The van der Waals surface area contributed by atoms with E-state index in [4.69, 9.17) is 0 Å². The average Bonchev–Trinajstić information content (AvgIpc) is 2.62. The molecule has 13 heavy (non-hydrogen) atoms. The van der Waals surface area contributed by atoms with Crippen LogP contribution in [0.2, 0.25) is 0 Å². The number of hydrogen-bond acceptors (Lipinski definition) is 5. The van der Waals surface area contributed by atoms with E-state index in [-0.39, 0.29) is 0 Å². The molecule has 2 rings (SSSR count). The van der Waals surface area contributed by atoms with Crippen molar-refractivity contribution in [3.05, 3.63) is 23.8 Å². The maximum absolute atomic E-state index is 4.60. The summed E-state index contributed by atoms with van der Waals surface area (Å²) in [6.45, 7) is 0. The number of aromatic nitrogens is 2. The predicted molar refractivity (Wildman–Crippen MR) is 52.0 cm³/mol. The van der Waals surface area contributed by atoms with Crippen molar-refractivity contribution in [1.82, 2.24) is 9.59 Å². The van der Waals surface area contributed by atoms with Gasteiger partial charge in [0.25, 0.3) is 0 Å². The highest BCUT2D eigenvalue weighted by Gasteiger charge is 2.01. The van der Waals surface area contributed by atoms with Gasteiger partial charge in [-0.25, -0.2) is 0 Å². The molecular weight excluding hydrogens is 186 g/mol. The molecular formula is C8H7N3OS. The SMILES string of the molecule is CON=Cc1cccc2nnsc12. The molecule has 0 N–H and O–H groups in total.